The monoisotopic (exact) mass is 265 g/mol. The summed E-state index contributed by atoms with van der Waals surface area (Å²) in [6.45, 7) is 3.87. The van der Waals surface area contributed by atoms with Gasteiger partial charge >= 0.3 is 0 Å². The van der Waals surface area contributed by atoms with E-state index in [1.807, 2.05) is 30.7 Å². The van der Waals surface area contributed by atoms with Crippen molar-refractivity contribution in [3.63, 3.8) is 0 Å². The maximum Gasteiger partial charge on any atom is 0.287 e. The first-order valence-electron chi connectivity index (χ1n) is 5.63. The van der Waals surface area contributed by atoms with E-state index in [1.165, 1.54) is 11.3 Å². The number of nitrogens with one attached hydrogen (secondary N) is 1. The zero-order chi connectivity index (χ0) is 13.1. The molecule has 1 unspecified atom stereocenters. The summed E-state index contributed by atoms with van der Waals surface area (Å²) in [5.74, 6) is 0.710. The molecule has 0 aliphatic carbocycles. The van der Waals surface area contributed by atoms with Crippen molar-refractivity contribution in [1.29, 1.82) is 0 Å². The van der Waals surface area contributed by atoms with Gasteiger partial charge in [0.15, 0.2) is 5.76 Å². The van der Waals surface area contributed by atoms with Crippen LogP contribution in [0, 0.1) is 13.8 Å². The van der Waals surface area contributed by atoms with Gasteiger partial charge in [0.1, 0.15) is 5.76 Å². The smallest absolute Gasteiger partial charge is 0.287 e. The number of aryl methyl sites for hydroxylation is 2. The molecule has 2 aromatic rings. The Labute approximate surface area is 109 Å². The van der Waals surface area contributed by atoms with E-state index in [0.29, 0.717) is 0 Å². The number of furan rings is 1. The van der Waals surface area contributed by atoms with Crippen LogP contribution in [0.3, 0.4) is 0 Å². The lowest BCUT2D eigenvalue weighted by Crippen LogP contribution is -2.27. The second-order valence-electron chi connectivity index (χ2n) is 4.13. The van der Waals surface area contributed by atoms with Gasteiger partial charge in [-0.15, -0.1) is 0 Å². The molecule has 2 N–H and O–H groups in total. The summed E-state index contributed by atoms with van der Waals surface area (Å²) < 4.78 is 5.31. The molecular weight excluding hydrogens is 250 g/mol. The molecule has 1 amide bonds. The quantitative estimate of drug-likeness (QED) is 0.892. The fourth-order valence-electron chi connectivity index (χ4n) is 1.54. The van der Waals surface area contributed by atoms with Crippen LogP contribution < -0.4 is 5.32 Å². The van der Waals surface area contributed by atoms with Gasteiger partial charge in [-0.05, 0) is 47.9 Å². The Kier molecular flexibility index (Phi) is 3.84. The van der Waals surface area contributed by atoms with E-state index in [1.54, 1.807) is 6.07 Å². The molecule has 0 aliphatic heterocycles. The molecule has 2 heterocycles. The Balaban J connectivity index is 1.92. The lowest BCUT2D eigenvalue weighted by Gasteiger charge is -2.09. The van der Waals surface area contributed by atoms with Crippen LogP contribution >= 0.6 is 11.3 Å². The van der Waals surface area contributed by atoms with Crippen molar-refractivity contribution in [3.8, 4) is 0 Å². The highest BCUT2D eigenvalue weighted by Gasteiger charge is 2.14. The van der Waals surface area contributed by atoms with Crippen LogP contribution in [0.2, 0.25) is 0 Å². The van der Waals surface area contributed by atoms with Gasteiger partial charge < -0.3 is 14.8 Å². The highest BCUT2D eigenvalue weighted by molar-refractivity contribution is 7.07. The van der Waals surface area contributed by atoms with Crippen LogP contribution in [0.4, 0.5) is 0 Å². The first-order valence-corrected chi connectivity index (χ1v) is 6.57. The fraction of sp³-hybridized carbons (Fsp3) is 0.308. The SMILES string of the molecule is Cc1cc(C(=O)NCC(O)c2ccsc2)oc1C. The normalized spacial score (nSPS) is 12.4. The molecule has 0 saturated heterocycles. The maximum absolute atomic E-state index is 11.8. The average molecular weight is 265 g/mol. The number of amides is 1. The van der Waals surface area contributed by atoms with Gasteiger partial charge in [0, 0.05) is 6.54 Å². The van der Waals surface area contributed by atoms with Crippen LogP contribution in [0.15, 0.2) is 27.3 Å². The van der Waals surface area contributed by atoms with E-state index < -0.39 is 6.10 Å². The average Bonchev–Trinajstić information content (AvgIpc) is 2.97. The molecule has 0 radical (unpaired) electrons. The van der Waals surface area contributed by atoms with Crippen molar-refractivity contribution in [2.24, 2.45) is 0 Å². The van der Waals surface area contributed by atoms with Crippen molar-refractivity contribution in [2.45, 2.75) is 20.0 Å². The van der Waals surface area contributed by atoms with Gasteiger partial charge in [-0.2, -0.15) is 11.3 Å². The Morgan fingerprint density at radius 2 is 2.33 bits per heavy atom. The summed E-state index contributed by atoms with van der Waals surface area (Å²) in [6.07, 6.45) is -0.683. The summed E-state index contributed by atoms with van der Waals surface area (Å²) in [7, 11) is 0. The highest BCUT2D eigenvalue weighted by Crippen LogP contribution is 2.16. The topological polar surface area (TPSA) is 62.5 Å². The molecule has 0 bridgehead atoms. The Hall–Kier alpha value is -1.59. The lowest BCUT2D eigenvalue weighted by molar-refractivity contribution is 0.0888. The van der Waals surface area contributed by atoms with E-state index in [0.717, 1.165) is 16.9 Å². The Morgan fingerprint density at radius 1 is 1.56 bits per heavy atom. The molecule has 1 atom stereocenters. The number of aliphatic hydroxyl groups excluding tert-OH is 1. The lowest BCUT2D eigenvalue weighted by atomic mass is 10.2. The molecular formula is C13H15NO3S. The maximum atomic E-state index is 11.8. The zero-order valence-corrected chi connectivity index (χ0v) is 11.1. The molecule has 0 fully saturated rings. The van der Waals surface area contributed by atoms with Crippen molar-refractivity contribution < 1.29 is 14.3 Å². The molecule has 0 aliphatic rings. The van der Waals surface area contributed by atoms with Crippen LogP contribution in [0.1, 0.15) is 33.5 Å². The van der Waals surface area contributed by atoms with Crippen LogP contribution in [-0.4, -0.2) is 17.6 Å². The van der Waals surface area contributed by atoms with Crippen molar-refractivity contribution in [1.82, 2.24) is 5.32 Å². The van der Waals surface area contributed by atoms with Crippen molar-refractivity contribution in [2.75, 3.05) is 6.54 Å². The minimum absolute atomic E-state index is 0.175. The second kappa shape index (κ2) is 5.37. The van der Waals surface area contributed by atoms with Crippen LogP contribution in [0.5, 0.6) is 0 Å². The summed E-state index contributed by atoms with van der Waals surface area (Å²) in [6, 6.07) is 3.53. The van der Waals surface area contributed by atoms with Crippen LogP contribution in [0.25, 0.3) is 0 Å². The number of carbonyl (C=O) groups is 1. The third-order valence-electron chi connectivity index (χ3n) is 2.77. The van der Waals surface area contributed by atoms with E-state index in [-0.39, 0.29) is 18.2 Å². The first-order chi connectivity index (χ1) is 8.58. The minimum atomic E-state index is -0.683. The van der Waals surface area contributed by atoms with Crippen molar-refractivity contribution in [3.05, 3.63) is 45.5 Å². The predicted octanol–water partition coefficient (Wildman–Crippen LogP) is 2.42. The summed E-state index contributed by atoms with van der Waals surface area (Å²) >= 11 is 1.51. The summed E-state index contributed by atoms with van der Waals surface area (Å²) in [4.78, 5) is 11.8. The number of hydrogen-bond donors (Lipinski definition) is 2. The molecule has 18 heavy (non-hydrogen) atoms. The number of thiophene rings is 1. The molecule has 2 aromatic heterocycles. The molecule has 5 heteroatoms. The molecule has 96 valence electrons. The Bertz CT molecular complexity index is 511. The van der Waals surface area contributed by atoms with E-state index in [2.05, 4.69) is 5.32 Å². The van der Waals surface area contributed by atoms with Gasteiger partial charge in [0.05, 0.1) is 6.10 Å². The number of hydrogen-bond acceptors (Lipinski definition) is 4. The highest BCUT2D eigenvalue weighted by atomic mass is 32.1. The zero-order valence-electron chi connectivity index (χ0n) is 10.3. The van der Waals surface area contributed by atoms with Gasteiger partial charge in [-0.1, -0.05) is 0 Å². The second-order valence-corrected chi connectivity index (χ2v) is 4.91. The number of rotatable bonds is 4. The molecule has 2 rings (SSSR count). The van der Waals surface area contributed by atoms with E-state index in [4.69, 9.17) is 4.42 Å². The predicted molar refractivity (Wildman–Crippen MR) is 69.8 cm³/mol. The van der Waals surface area contributed by atoms with E-state index in [9.17, 15) is 9.90 Å². The molecule has 0 aromatic carbocycles. The number of aliphatic hydroxyl groups is 1. The van der Waals surface area contributed by atoms with Gasteiger partial charge in [0.2, 0.25) is 0 Å². The third-order valence-corrected chi connectivity index (χ3v) is 3.48. The minimum Gasteiger partial charge on any atom is -0.456 e. The molecule has 0 spiro atoms. The summed E-state index contributed by atoms with van der Waals surface area (Å²) in [5, 5.41) is 16.2. The molecule has 4 nitrogen and oxygen atoms in total. The standard InChI is InChI=1S/C13H15NO3S/c1-8-5-12(17-9(8)2)13(16)14-6-11(15)10-3-4-18-7-10/h3-5,7,11,15H,6H2,1-2H3,(H,14,16). The third kappa shape index (κ3) is 2.80. The van der Waals surface area contributed by atoms with Crippen molar-refractivity contribution >= 4 is 17.2 Å². The largest absolute Gasteiger partial charge is 0.456 e. The first kappa shape index (κ1) is 12.9. The number of carbonyl (C=O) groups excluding carboxylic acids is 1. The van der Waals surface area contributed by atoms with Crippen LogP contribution in [-0.2, 0) is 0 Å². The van der Waals surface area contributed by atoms with Gasteiger partial charge in [-0.3, -0.25) is 4.79 Å². The molecule has 0 saturated carbocycles. The van der Waals surface area contributed by atoms with E-state index >= 15 is 0 Å². The summed E-state index contributed by atoms with van der Waals surface area (Å²) in [5.41, 5.74) is 1.76. The van der Waals surface area contributed by atoms with Gasteiger partial charge in [0.25, 0.3) is 5.91 Å². The fourth-order valence-corrected chi connectivity index (χ4v) is 2.25. The van der Waals surface area contributed by atoms with Gasteiger partial charge in [-0.25, -0.2) is 0 Å². The Morgan fingerprint density at radius 3 is 2.89 bits per heavy atom.